The monoisotopic (exact) mass is 298 g/mol. The average molecular weight is 298 g/mol. The van der Waals surface area contributed by atoms with Gasteiger partial charge in [-0.1, -0.05) is 18.2 Å². The Morgan fingerprint density at radius 3 is 2.60 bits per heavy atom. The molecule has 110 valence electrons. The largest absolute Gasteiger partial charge is 0.492 e. The highest BCUT2D eigenvalue weighted by atomic mass is 32.2. The van der Waals surface area contributed by atoms with E-state index in [2.05, 4.69) is 0 Å². The normalized spacial score (nSPS) is 23.4. The van der Waals surface area contributed by atoms with Gasteiger partial charge in [0.05, 0.1) is 11.4 Å². The smallest absolute Gasteiger partial charge is 0.491 e. The van der Waals surface area contributed by atoms with Gasteiger partial charge in [-0.15, -0.1) is 0 Å². The first-order chi connectivity index (χ1) is 9.38. The molecule has 2 N–H and O–H groups in total. The van der Waals surface area contributed by atoms with Gasteiger partial charge in [0.15, 0.2) is 0 Å². The topological polar surface area (TPSA) is 83.8 Å². The van der Waals surface area contributed by atoms with Crippen molar-refractivity contribution in [3.63, 3.8) is 0 Å². The number of benzene rings is 1. The summed E-state index contributed by atoms with van der Waals surface area (Å²) in [5.41, 5.74) is 0.300. The van der Waals surface area contributed by atoms with Crippen LogP contribution in [0.15, 0.2) is 24.3 Å². The molecule has 5 nitrogen and oxygen atoms in total. The molecule has 1 aliphatic carbocycles. The first-order valence-corrected chi connectivity index (χ1v) is 8.64. The maximum Gasteiger partial charge on any atom is 0.492 e. The maximum absolute atomic E-state index is 11.6. The summed E-state index contributed by atoms with van der Waals surface area (Å²) in [5.74, 6) is 0.404. The van der Waals surface area contributed by atoms with Gasteiger partial charge in [0, 0.05) is 18.1 Å². The van der Waals surface area contributed by atoms with E-state index in [0.717, 1.165) is 12.8 Å². The first kappa shape index (κ1) is 15.3. The highest BCUT2D eigenvalue weighted by molar-refractivity contribution is 7.91. The summed E-state index contributed by atoms with van der Waals surface area (Å²) >= 11 is 0. The number of para-hydroxylation sites is 1. The summed E-state index contributed by atoms with van der Waals surface area (Å²) < 4.78 is 29.0. The van der Waals surface area contributed by atoms with Crippen LogP contribution in [0.5, 0.6) is 5.75 Å². The quantitative estimate of drug-likeness (QED) is 0.770. The Balaban J connectivity index is 2.11. The number of hydrogen-bond donors (Lipinski definition) is 2. The third-order valence-electron chi connectivity index (χ3n) is 3.67. The zero-order valence-electron chi connectivity index (χ0n) is 11.4. The zero-order valence-corrected chi connectivity index (χ0v) is 12.2. The van der Waals surface area contributed by atoms with E-state index in [9.17, 15) is 18.5 Å². The molecule has 2 atom stereocenters. The highest BCUT2D eigenvalue weighted by Crippen LogP contribution is 2.27. The fourth-order valence-corrected chi connectivity index (χ4v) is 3.74. The second-order valence-corrected chi connectivity index (χ2v) is 7.60. The van der Waals surface area contributed by atoms with Gasteiger partial charge in [-0.25, -0.2) is 8.42 Å². The molecular formula is C13H19BO5S. The third kappa shape index (κ3) is 3.74. The second-order valence-electron chi connectivity index (χ2n) is 5.27. The van der Waals surface area contributed by atoms with Crippen LogP contribution < -0.4 is 10.2 Å². The van der Waals surface area contributed by atoms with Crippen molar-refractivity contribution in [3.8, 4) is 5.75 Å². The standard InChI is InChI=1S/C13H19BO5S/c1-20(17,18)11-6-4-5-10(9-11)19-13-8-3-2-7-12(13)14(15)16/h2-3,7-8,10-11,15-16H,4-6,9H2,1H3. The molecule has 0 aromatic heterocycles. The molecule has 2 rings (SSSR count). The predicted octanol–water partition coefficient (Wildman–Crippen LogP) is 0.101. The first-order valence-electron chi connectivity index (χ1n) is 6.68. The van der Waals surface area contributed by atoms with E-state index in [4.69, 9.17) is 4.74 Å². The molecule has 1 aromatic carbocycles. The molecule has 0 spiro atoms. The summed E-state index contributed by atoms with van der Waals surface area (Å²) in [6.07, 6.45) is 3.75. The van der Waals surface area contributed by atoms with E-state index in [0.29, 0.717) is 24.1 Å². The molecule has 0 aliphatic heterocycles. The maximum atomic E-state index is 11.6. The molecule has 7 heteroatoms. The van der Waals surface area contributed by atoms with E-state index in [1.807, 2.05) is 0 Å². The van der Waals surface area contributed by atoms with Gasteiger partial charge in [-0.3, -0.25) is 0 Å². The van der Waals surface area contributed by atoms with Gasteiger partial charge in [-0.2, -0.15) is 0 Å². The lowest BCUT2D eigenvalue weighted by Gasteiger charge is -2.29. The van der Waals surface area contributed by atoms with Crippen molar-refractivity contribution in [1.82, 2.24) is 0 Å². The SMILES string of the molecule is CS(=O)(=O)C1CCCC(Oc2ccccc2B(O)O)C1. The number of hydrogen-bond acceptors (Lipinski definition) is 5. The van der Waals surface area contributed by atoms with Gasteiger partial charge in [0.25, 0.3) is 0 Å². The fourth-order valence-electron chi connectivity index (χ4n) is 2.58. The predicted molar refractivity (Wildman–Crippen MR) is 77.8 cm³/mol. The van der Waals surface area contributed by atoms with E-state index in [1.165, 1.54) is 6.26 Å². The lowest BCUT2D eigenvalue weighted by Crippen LogP contribution is -2.36. The van der Waals surface area contributed by atoms with Gasteiger partial charge in [-0.05, 0) is 25.3 Å². The minimum absolute atomic E-state index is 0.205. The van der Waals surface area contributed by atoms with Crippen LogP contribution in [0.25, 0.3) is 0 Å². The van der Waals surface area contributed by atoms with Crippen molar-refractivity contribution in [2.45, 2.75) is 37.0 Å². The van der Waals surface area contributed by atoms with Gasteiger partial charge in [0.1, 0.15) is 15.6 Å². The van der Waals surface area contributed by atoms with Crippen LogP contribution in [-0.4, -0.2) is 43.2 Å². The fraction of sp³-hybridized carbons (Fsp3) is 0.538. The van der Waals surface area contributed by atoms with E-state index >= 15 is 0 Å². The van der Waals surface area contributed by atoms with Gasteiger partial charge in [0.2, 0.25) is 0 Å². The highest BCUT2D eigenvalue weighted by Gasteiger charge is 2.30. The van der Waals surface area contributed by atoms with Crippen LogP contribution in [0.1, 0.15) is 25.7 Å². The van der Waals surface area contributed by atoms with Crippen LogP contribution in [-0.2, 0) is 9.84 Å². The third-order valence-corrected chi connectivity index (χ3v) is 5.31. The van der Waals surface area contributed by atoms with Crippen molar-refractivity contribution in [2.24, 2.45) is 0 Å². The van der Waals surface area contributed by atoms with Gasteiger partial charge < -0.3 is 14.8 Å². The molecule has 2 unspecified atom stereocenters. The number of sulfone groups is 1. The van der Waals surface area contributed by atoms with Crippen LogP contribution in [0, 0.1) is 0 Å². The molecule has 1 aromatic rings. The van der Waals surface area contributed by atoms with E-state index in [1.54, 1.807) is 24.3 Å². The molecule has 1 aliphatic rings. The summed E-state index contributed by atoms with van der Waals surface area (Å²) in [6, 6.07) is 6.69. The Labute approximate surface area is 119 Å². The Hall–Kier alpha value is -1.05. The molecule has 0 amide bonds. The minimum Gasteiger partial charge on any atom is -0.491 e. The molecule has 1 saturated carbocycles. The molecule has 20 heavy (non-hydrogen) atoms. The van der Waals surface area contributed by atoms with Crippen molar-refractivity contribution >= 4 is 22.4 Å². The van der Waals surface area contributed by atoms with Crippen LogP contribution in [0.3, 0.4) is 0 Å². The lowest BCUT2D eigenvalue weighted by atomic mass is 9.79. The Bertz CT molecular complexity index is 558. The van der Waals surface area contributed by atoms with Crippen molar-refractivity contribution in [2.75, 3.05) is 6.26 Å². The number of rotatable bonds is 4. The summed E-state index contributed by atoms with van der Waals surface area (Å²) in [7, 11) is -4.65. The Morgan fingerprint density at radius 2 is 1.95 bits per heavy atom. The molecular weight excluding hydrogens is 279 g/mol. The van der Waals surface area contributed by atoms with Crippen molar-refractivity contribution in [3.05, 3.63) is 24.3 Å². The van der Waals surface area contributed by atoms with E-state index < -0.39 is 17.0 Å². The lowest BCUT2D eigenvalue weighted by molar-refractivity contribution is 0.157. The van der Waals surface area contributed by atoms with Crippen molar-refractivity contribution in [1.29, 1.82) is 0 Å². The molecule has 1 fully saturated rings. The van der Waals surface area contributed by atoms with Crippen LogP contribution >= 0.6 is 0 Å². The molecule has 0 bridgehead atoms. The van der Waals surface area contributed by atoms with Crippen molar-refractivity contribution < 1.29 is 23.2 Å². The van der Waals surface area contributed by atoms with Crippen LogP contribution in [0.2, 0.25) is 0 Å². The molecule has 0 saturated heterocycles. The zero-order chi connectivity index (χ0) is 14.8. The summed E-state index contributed by atoms with van der Waals surface area (Å²) in [5, 5.41) is 18.2. The molecule has 0 radical (unpaired) electrons. The Morgan fingerprint density at radius 1 is 1.25 bits per heavy atom. The average Bonchev–Trinajstić information content (AvgIpc) is 2.38. The summed E-state index contributed by atoms with van der Waals surface area (Å²) in [6.45, 7) is 0. The van der Waals surface area contributed by atoms with Crippen LogP contribution in [0.4, 0.5) is 0 Å². The van der Waals surface area contributed by atoms with Gasteiger partial charge >= 0.3 is 7.12 Å². The Kier molecular flexibility index (Phi) is 4.72. The molecule has 0 heterocycles. The van der Waals surface area contributed by atoms with E-state index in [-0.39, 0.29) is 11.4 Å². The number of ether oxygens (including phenoxy) is 1. The second kappa shape index (κ2) is 6.16. The summed E-state index contributed by atoms with van der Waals surface area (Å²) in [4.78, 5) is 0. The minimum atomic E-state index is -3.06.